The zero-order chi connectivity index (χ0) is 26.4. The van der Waals surface area contributed by atoms with Crippen LogP contribution in [0.5, 0.6) is 0 Å². The minimum Gasteiger partial charge on any atom is -0.456 e. The first-order valence-corrected chi connectivity index (χ1v) is 13.2. The van der Waals surface area contributed by atoms with Crippen molar-refractivity contribution in [1.82, 2.24) is 4.57 Å². The highest BCUT2D eigenvalue weighted by atomic mass is 16.3. The van der Waals surface area contributed by atoms with E-state index in [4.69, 9.17) is 8.83 Å². The largest absolute Gasteiger partial charge is 0.456 e. The quantitative estimate of drug-likeness (QED) is 0.258. The molecule has 0 bridgehead atoms. The van der Waals surface area contributed by atoms with Crippen LogP contribution in [0.4, 0.5) is 0 Å². The molecule has 190 valence electrons. The van der Waals surface area contributed by atoms with Crippen molar-refractivity contribution in [2.45, 2.75) is 20.3 Å². The van der Waals surface area contributed by atoms with Gasteiger partial charge in [-0.2, -0.15) is 0 Å². The minimum absolute atomic E-state index is 0.614. The summed E-state index contributed by atoms with van der Waals surface area (Å²) in [4.78, 5) is 0. The molecule has 0 aliphatic carbocycles. The first-order valence-electron chi connectivity index (χ1n) is 13.2. The molecule has 2 N–H and O–H groups in total. The lowest BCUT2D eigenvalue weighted by Gasteiger charge is -2.04. The highest BCUT2D eigenvalue weighted by Gasteiger charge is 2.16. The number of nitrogens with zero attached hydrogens (tertiary/aromatic N) is 1. The summed E-state index contributed by atoms with van der Waals surface area (Å²) in [6, 6.07) is 32.0. The second-order valence-electron chi connectivity index (χ2n) is 10.2. The van der Waals surface area contributed by atoms with Gasteiger partial charge in [-0.3, -0.25) is 0 Å². The molecule has 3 heterocycles. The van der Waals surface area contributed by atoms with E-state index in [1.807, 2.05) is 18.2 Å². The van der Waals surface area contributed by atoms with Gasteiger partial charge in [0.1, 0.15) is 22.3 Å². The van der Waals surface area contributed by atoms with E-state index in [2.05, 4.69) is 104 Å². The van der Waals surface area contributed by atoms with E-state index in [1.54, 1.807) is 0 Å². The van der Waals surface area contributed by atoms with Crippen molar-refractivity contribution in [1.29, 1.82) is 0 Å². The number of benzene rings is 4. The molecule has 3 aromatic heterocycles. The smallest absolute Gasteiger partial charge is 0.135 e. The summed E-state index contributed by atoms with van der Waals surface area (Å²) >= 11 is 0. The third-order valence-corrected chi connectivity index (χ3v) is 7.28. The summed E-state index contributed by atoms with van der Waals surface area (Å²) in [5.41, 5.74) is 11.7. The Kier molecular flexibility index (Phi) is 6.05. The van der Waals surface area contributed by atoms with Crippen LogP contribution in [-0.4, -0.2) is 11.6 Å². The van der Waals surface area contributed by atoms with Crippen LogP contribution < -0.4 is 5.73 Å². The highest BCUT2D eigenvalue weighted by molar-refractivity contribution is 6.27. The van der Waals surface area contributed by atoms with Gasteiger partial charge in [0.2, 0.25) is 0 Å². The number of aryl methyl sites for hydroxylation is 1. The normalized spacial score (nSPS) is 11.6. The van der Waals surface area contributed by atoms with Gasteiger partial charge in [0.05, 0.1) is 0 Å². The SMILES string of the molecule is CC(C)Cc1ccc2oc3ccc4c(c3ccc2c1)c1c2ccc3ccccc3oc2ccc1n4C.CN. The first-order chi connectivity index (χ1) is 18.6. The number of aromatic nitrogens is 1. The second kappa shape index (κ2) is 9.55. The Morgan fingerprint density at radius 2 is 1.18 bits per heavy atom. The van der Waals surface area contributed by atoms with Crippen molar-refractivity contribution in [3.63, 3.8) is 0 Å². The maximum Gasteiger partial charge on any atom is 0.135 e. The molecule has 0 saturated heterocycles. The maximum atomic E-state index is 6.53. The summed E-state index contributed by atoms with van der Waals surface area (Å²) in [5.74, 6) is 0.614. The molecule has 7 rings (SSSR count). The third-order valence-electron chi connectivity index (χ3n) is 7.28. The lowest BCUT2D eigenvalue weighted by molar-refractivity contribution is 0.645. The average Bonchev–Trinajstić information content (AvgIpc) is 3.06. The number of fused-ring (bicyclic) bond motifs is 9. The molecule has 0 unspecified atom stereocenters. The zero-order valence-corrected chi connectivity index (χ0v) is 22.3. The van der Waals surface area contributed by atoms with Crippen LogP contribution in [0.3, 0.4) is 0 Å². The van der Waals surface area contributed by atoms with Crippen LogP contribution >= 0.6 is 0 Å². The van der Waals surface area contributed by atoms with Gasteiger partial charge in [0, 0.05) is 50.4 Å². The molecule has 0 atom stereocenters. The lowest BCUT2D eigenvalue weighted by atomic mass is 10.0. The predicted molar refractivity (Wildman–Crippen MR) is 161 cm³/mol. The van der Waals surface area contributed by atoms with E-state index >= 15 is 0 Å². The van der Waals surface area contributed by atoms with Gasteiger partial charge in [-0.15, -0.1) is 0 Å². The van der Waals surface area contributed by atoms with Crippen LogP contribution in [0.2, 0.25) is 0 Å². The van der Waals surface area contributed by atoms with Crippen molar-refractivity contribution >= 4 is 65.7 Å². The minimum atomic E-state index is 0.614. The molecule has 0 aliphatic heterocycles. The second-order valence-corrected chi connectivity index (χ2v) is 10.2. The molecule has 0 fully saturated rings. The Balaban J connectivity index is 0.00000129. The maximum absolute atomic E-state index is 6.53. The van der Waals surface area contributed by atoms with Crippen molar-refractivity contribution in [2.24, 2.45) is 18.7 Å². The van der Waals surface area contributed by atoms with Crippen molar-refractivity contribution < 1.29 is 8.83 Å². The van der Waals surface area contributed by atoms with Gasteiger partial charge in [-0.25, -0.2) is 0 Å². The van der Waals surface area contributed by atoms with Crippen LogP contribution in [0, 0.1) is 5.92 Å². The van der Waals surface area contributed by atoms with Crippen molar-refractivity contribution in [3.8, 4) is 0 Å². The summed E-state index contributed by atoms with van der Waals surface area (Å²) in [6.45, 7) is 4.51. The molecule has 4 aromatic carbocycles. The Bertz CT molecular complexity index is 2020. The standard InChI is InChI=1S/C33H27NO2.CH5N/c1-20(2)18-21-8-15-29-23(19-21)10-12-25-31(36-29)17-14-27-33(25)32-24-11-9-22-6-4-5-7-28(22)35-30(24)16-13-26(32)34(27)3;1-2/h4-17,19-20H,18H2,1-3H3;2H2,1H3. The van der Waals surface area contributed by atoms with Crippen LogP contribution in [-0.2, 0) is 13.5 Å². The van der Waals surface area contributed by atoms with E-state index in [-0.39, 0.29) is 0 Å². The Morgan fingerprint density at radius 3 is 1.82 bits per heavy atom. The number of para-hydroxylation sites is 1. The molecular weight excluding hydrogens is 468 g/mol. The Morgan fingerprint density at radius 1 is 0.632 bits per heavy atom. The van der Waals surface area contributed by atoms with Gasteiger partial charge >= 0.3 is 0 Å². The zero-order valence-electron chi connectivity index (χ0n) is 22.3. The molecule has 38 heavy (non-hydrogen) atoms. The lowest BCUT2D eigenvalue weighted by Crippen LogP contribution is -1.93. The molecule has 0 spiro atoms. The van der Waals surface area contributed by atoms with Crippen molar-refractivity contribution in [3.05, 3.63) is 96.6 Å². The van der Waals surface area contributed by atoms with Gasteiger partial charge in [0.25, 0.3) is 0 Å². The number of hydrogen-bond acceptors (Lipinski definition) is 3. The molecule has 0 radical (unpaired) electrons. The van der Waals surface area contributed by atoms with E-state index in [0.29, 0.717) is 5.92 Å². The molecule has 4 nitrogen and oxygen atoms in total. The third kappa shape index (κ3) is 3.89. The first kappa shape index (κ1) is 24.1. The van der Waals surface area contributed by atoms with E-state index in [9.17, 15) is 0 Å². The molecule has 0 amide bonds. The summed E-state index contributed by atoms with van der Waals surface area (Å²) in [6.07, 6.45) is 1.06. The van der Waals surface area contributed by atoms with Gasteiger partial charge < -0.3 is 19.1 Å². The molecule has 7 aromatic rings. The molecule has 0 aliphatic rings. The summed E-state index contributed by atoms with van der Waals surface area (Å²) < 4.78 is 15.2. The topological polar surface area (TPSA) is 57.2 Å². The van der Waals surface area contributed by atoms with E-state index in [0.717, 1.165) is 50.3 Å². The fourth-order valence-corrected chi connectivity index (χ4v) is 5.61. The number of rotatable bonds is 2. The Labute approximate surface area is 221 Å². The monoisotopic (exact) mass is 500 g/mol. The fraction of sp³-hybridized carbons (Fsp3) is 0.176. The molecule has 4 heteroatoms. The number of nitrogens with two attached hydrogens (primary N) is 1. The summed E-state index contributed by atoms with van der Waals surface area (Å²) in [7, 11) is 3.63. The van der Waals surface area contributed by atoms with Crippen LogP contribution in [0.15, 0.2) is 99.8 Å². The summed E-state index contributed by atoms with van der Waals surface area (Å²) in [5, 5.41) is 6.77. The molecule has 0 saturated carbocycles. The van der Waals surface area contributed by atoms with Gasteiger partial charge in [0.15, 0.2) is 0 Å². The highest BCUT2D eigenvalue weighted by Crippen LogP contribution is 2.39. The van der Waals surface area contributed by atoms with E-state index in [1.165, 1.54) is 34.4 Å². The predicted octanol–water partition coefficient (Wildman–Crippen LogP) is 9.03. The van der Waals surface area contributed by atoms with Crippen LogP contribution in [0.1, 0.15) is 19.4 Å². The molecular formula is C34H32N2O2. The number of hydrogen-bond donors (Lipinski definition) is 1. The van der Waals surface area contributed by atoms with Crippen molar-refractivity contribution in [2.75, 3.05) is 7.05 Å². The fourth-order valence-electron chi connectivity index (χ4n) is 5.61. The van der Waals surface area contributed by atoms with Crippen LogP contribution in [0.25, 0.3) is 65.7 Å². The Hall–Kier alpha value is -4.28. The van der Waals surface area contributed by atoms with Gasteiger partial charge in [-0.05, 0) is 79.5 Å². The van der Waals surface area contributed by atoms with Gasteiger partial charge in [-0.1, -0.05) is 50.2 Å². The van der Waals surface area contributed by atoms with E-state index < -0.39 is 0 Å². The average molecular weight is 501 g/mol.